The third-order valence-electron chi connectivity index (χ3n) is 4.42. The van der Waals surface area contributed by atoms with Gasteiger partial charge in [0, 0.05) is 18.3 Å². The number of nitrogens with zero attached hydrogens (tertiary/aromatic N) is 3. The molecule has 162 valence electrons. The normalized spacial score (nSPS) is 11.6. The molecular weight excluding hydrogens is 421 g/mol. The number of anilines is 1. The van der Waals surface area contributed by atoms with Crippen LogP contribution >= 0.6 is 11.8 Å². The van der Waals surface area contributed by atoms with Crippen molar-refractivity contribution in [2.75, 3.05) is 18.2 Å². The second-order valence-electron chi connectivity index (χ2n) is 6.67. The van der Waals surface area contributed by atoms with E-state index in [4.69, 9.17) is 4.74 Å². The Morgan fingerprint density at radius 3 is 2.45 bits per heavy atom. The van der Waals surface area contributed by atoms with Gasteiger partial charge < -0.3 is 19.9 Å². The summed E-state index contributed by atoms with van der Waals surface area (Å²) in [6.45, 7) is 1.81. The molecule has 0 radical (unpaired) electrons. The SMILES string of the molecule is COc1ccc(C(=O)N[C@H](C)c2nnc(SCC(=O)Nc3ccc(F)cc3)n2C)cc1. The van der Waals surface area contributed by atoms with Crippen molar-refractivity contribution in [1.29, 1.82) is 0 Å². The second kappa shape index (κ2) is 10.1. The quantitative estimate of drug-likeness (QED) is 0.519. The molecule has 3 aromatic rings. The molecular formula is C21H22FN5O3S. The van der Waals surface area contributed by atoms with Gasteiger partial charge in [0.25, 0.3) is 5.91 Å². The maximum absolute atomic E-state index is 12.9. The number of ether oxygens (including phenoxy) is 1. The molecule has 0 saturated heterocycles. The number of hydrogen-bond donors (Lipinski definition) is 2. The first-order chi connectivity index (χ1) is 14.9. The fraction of sp³-hybridized carbons (Fsp3) is 0.238. The van der Waals surface area contributed by atoms with Crippen molar-refractivity contribution in [3.8, 4) is 5.75 Å². The van der Waals surface area contributed by atoms with Crippen LogP contribution in [0.1, 0.15) is 29.1 Å². The number of carbonyl (C=O) groups is 2. The summed E-state index contributed by atoms with van der Waals surface area (Å²) < 4.78 is 19.8. The number of amides is 2. The molecule has 2 aromatic carbocycles. The van der Waals surface area contributed by atoms with Crippen LogP contribution in [0.5, 0.6) is 5.75 Å². The summed E-state index contributed by atoms with van der Waals surface area (Å²) in [6.07, 6.45) is 0. The average Bonchev–Trinajstić information content (AvgIpc) is 3.14. The Morgan fingerprint density at radius 1 is 1.13 bits per heavy atom. The topological polar surface area (TPSA) is 98.1 Å². The number of halogens is 1. The molecule has 0 bridgehead atoms. The summed E-state index contributed by atoms with van der Waals surface area (Å²) in [6, 6.07) is 11.9. The van der Waals surface area contributed by atoms with Gasteiger partial charge in [-0.15, -0.1) is 10.2 Å². The molecule has 8 nitrogen and oxygen atoms in total. The van der Waals surface area contributed by atoms with Crippen LogP contribution in [0.4, 0.5) is 10.1 Å². The zero-order valence-corrected chi connectivity index (χ0v) is 18.1. The lowest BCUT2D eigenvalue weighted by Crippen LogP contribution is -2.28. The lowest BCUT2D eigenvalue weighted by Gasteiger charge is -2.14. The smallest absolute Gasteiger partial charge is 0.251 e. The van der Waals surface area contributed by atoms with Gasteiger partial charge in [0.05, 0.1) is 18.9 Å². The molecule has 0 fully saturated rings. The van der Waals surface area contributed by atoms with Crippen LogP contribution in [-0.4, -0.2) is 39.4 Å². The maximum Gasteiger partial charge on any atom is 0.251 e. The third kappa shape index (κ3) is 5.82. The summed E-state index contributed by atoms with van der Waals surface area (Å²) in [4.78, 5) is 24.6. The molecule has 0 aliphatic rings. The molecule has 2 amide bonds. The molecule has 0 aliphatic carbocycles. The standard InChI is InChI=1S/C21H22FN5O3S/c1-13(23-20(29)14-4-10-17(30-3)11-5-14)19-25-26-21(27(19)2)31-12-18(28)24-16-8-6-15(22)7-9-16/h4-11,13H,12H2,1-3H3,(H,23,29)(H,24,28)/t13-/m1/s1. The number of thioether (sulfide) groups is 1. The van der Waals surface area contributed by atoms with Gasteiger partial charge in [-0.05, 0) is 55.5 Å². The predicted molar refractivity (Wildman–Crippen MR) is 116 cm³/mol. The Hall–Kier alpha value is -3.40. The van der Waals surface area contributed by atoms with Crippen molar-refractivity contribution in [2.45, 2.75) is 18.1 Å². The number of carbonyl (C=O) groups excluding carboxylic acids is 2. The van der Waals surface area contributed by atoms with Crippen molar-refractivity contribution >= 4 is 29.3 Å². The Labute approximate surface area is 183 Å². The molecule has 1 aromatic heterocycles. The van der Waals surface area contributed by atoms with Crippen LogP contribution in [-0.2, 0) is 11.8 Å². The first-order valence-corrected chi connectivity index (χ1v) is 10.4. The second-order valence-corrected chi connectivity index (χ2v) is 7.61. The monoisotopic (exact) mass is 443 g/mol. The fourth-order valence-electron chi connectivity index (χ4n) is 2.78. The first-order valence-electron chi connectivity index (χ1n) is 9.40. The van der Waals surface area contributed by atoms with Gasteiger partial charge in [-0.3, -0.25) is 9.59 Å². The van der Waals surface area contributed by atoms with Crippen LogP contribution in [0, 0.1) is 5.82 Å². The Kier molecular flexibility index (Phi) is 7.24. The zero-order valence-electron chi connectivity index (χ0n) is 17.3. The van der Waals surface area contributed by atoms with E-state index in [1.807, 2.05) is 0 Å². The fourth-order valence-corrected chi connectivity index (χ4v) is 3.49. The summed E-state index contributed by atoms with van der Waals surface area (Å²) >= 11 is 1.21. The predicted octanol–water partition coefficient (Wildman–Crippen LogP) is 3.18. The third-order valence-corrected chi connectivity index (χ3v) is 5.44. The average molecular weight is 444 g/mol. The van der Waals surface area contributed by atoms with E-state index in [0.717, 1.165) is 0 Å². The molecule has 31 heavy (non-hydrogen) atoms. The number of aromatic nitrogens is 3. The number of methoxy groups -OCH3 is 1. The molecule has 0 saturated carbocycles. The van der Waals surface area contributed by atoms with Crippen molar-refractivity contribution < 1.29 is 18.7 Å². The molecule has 0 aliphatic heterocycles. The highest BCUT2D eigenvalue weighted by Gasteiger charge is 2.19. The van der Waals surface area contributed by atoms with Crippen LogP contribution in [0.2, 0.25) is 0 Å². The van der Waals surface area contributed by atoms with E-state index in [1.54, 1.807) is 49.9 Å². The van der Waals surface area contributed by atoms with Gasteiger partial charge in [0.2, 0.25) is 5.91 Å². The number of hydrogen-bond acceptors (Lipinski definition) is 6. The highest BCUT2D eigenvalue weighted by atomic mass is 32.2. The lowest BCUT2D eigenvalue weighted by molar-refractivity contribution is -0.113. The first kappa shape index (κ1) is 22.3. The Bertz CT molecular complexity index is 1050. The maximum atomic E-state index is 12.9. The van der Waals surface area contributed by atoms with Crippen LogP contribution in [0.15, 0.2) is 53.7 Å². The highest BCUT2D eigenvalue weighted by molar-refractivity contribution is 7.99. The van der Waals surface area contributed by atoms with E-state index in [-0.39, 0.29) is 23.4 Å². The molecule has 0 unspecified atom stereocenters. The molecule has 0 spiro atoms. The van der Waals surface area contributed by atoms with E-state index in [1.165, 1.54) is 36.0 Å². The molecule has 3 rings (SSSR count). The summed E-state index contributed by atoms with van der Waals surface area (Å²) in [5.41, 5.74) is 1.02. The number of rotatable bonds is 8. The summed E-state index contributed by atoms with van der Waals surface area (Å²) in [5.74, 6) is 0.474. The minimum Gasteiger partial charge on any atom is -0.497 e. The minimum absolute atomic E-state index is 0.107. The van der Waals surface area contributed by atoms with Gasteiger partial charge in [0.15, 0.2) is 11.0 Å². The van der Waals surface area contributed by atoms with Gasteiger partial charge in [-0.2, -0.15) is 0 Å². The van der Waals surface area contributed by atoms with E-state index in [0.29, 0.717) is 28.0 Å². The van der Waals surface area contributed by atoms with E-state index in [2.05, 4.69) is 20.8 Å². The largest absolute Gasteiger partial charge is 0.497 e. The molecule has 2 N–H and O–H groups in total. The van der Waals surface area contributed by atoms with E-state index in [9.17, 15) is 14.0 Å². The summed E-state index contributed by atoms with van der Waals surface area (Å²) in [5, 5.41) is 14.4. The Balaban J connectivity index is 1.56. The van der Waals surface area contributed by atoms with Gasteiger partial charge in [-0.25, -0.2) is 4.39 Å². The van der Waals surface area contributed by atoms with Crippen molar-refractivity contribution in [1.82, 2.24) is 20.1 Å². The van der Waals surface area contributed by atoms with Crippen molar-refractivity contribution in [2.24, 2.45) is 7.05 Å². The highest BCUT2D eigenvalue weighted by Crippen LogP contribution is 2.20. The van der Waals surface area contributed by atoms with Gasteiger partial charge >= 0.3 is 0 Å². The van der Waals surface area contributed by atoms with Crippen LogP contribution in [0.3, 0.4) is 0 Å². The van der Waals surface area contributed by atoms with Crippen molar-refractivity contribution in [3.05, 3.63) is 65.7 Å². The molecule has 10 heteroatoms. The number of benzene rings is 2. The van der Waals surface area contributed by atoms with Gasteiger partial charge in [-0.1, -0.05) is 11.8 Å². The molecule has 1 heterocycles. The number of nitrogens with one attached hydrogen (secondary N) is 2. The van der Waals surface area contributed by atoms with Gasteiger partial charge in [0.1, 0.15) is 11.6 Å². The Morgan fingerprint density at radius 2 is 1.81 bits per heavy atom. The van der Waals surface area contributed by atoms with Crippen molar-refractivity contribution in [3.63, 3.8) is 0 Å². The minimum atomic E-state index is -0.394. The van der Waals surface area contributed by atoms with E-state index < -0.39 is 6.04 Å². The van der Waals surface area contributed by atoms with Crippen LogP contribution in [0.25, 0.3) is 0 Å². The lowest BCUT2D eigenvalue weighted by atomic mass is 10.2. The summed E-state index contributed by atoms with van der Waals surface area (Å²) in [7, 11) is 3.33. The van der Waals surface area contributed by atoms with E-state index >= 15 is 0 Å². The molecule has 1 atom stereocenters. The zero-order chi connectivity index (χ0) is 22.4. The van der Waals surface area contributed by atoms with Crippen LogP contribution < -0.4 is 15.4 Å².